The van der Waals surface area contributed by atoms with Crippen LogP contribution in [0.15, 0.2) is 30.3 Å². The number of rotatable bonds is 5. The van der Waals surface area contributed by atoms with E-state index in [0.717, 1.165) is 6.26 Å². The highest BCUT2D eigenvalue weighted by Crippen LogP contribution is 2.09. The van der Waals surface area contributed by atoms with E-state index in [1.165, 1.54) is 0 Å². The maximum atomic E-state index is 11.2. The van der Waals surface area contributed by atoms with Crippen LogP contribution < -0.4 is 5.84 Å². The number of hydrogen-bond donors (Lipinski definition) is 2. The number of sulfonamides is 1. The second-order valence-corrected chi connectivity index (χ2v) is 5.52. The molecule has 7 heteroatoms. The largest absolute Gasteiger partial charge is 0.480 e. The summed E-state index contributed by atoms with van der Waals surface area (Å²) in [6.45, 7) is 0. The molecule has 1 atom stereocenters. The number of hydrogen-bond acceptors (Lipinski definition) is 4. The molecule has 0 saturated heterocycles. The van der Waals surface area contributed by atoms with Gasteiger partial charge in [0.25, 0.3) is 0 Å². The number of carboxylic acids is 1. The Balaban J connectivity index is 2.93. The lowest BCUT2D eigenvalue weighted by Crippen LogP contribution is -2.50. The molecule has 0 heterocycles. The lowest BCUT2D eigenvalue weighted by Gasteiger charge is -2.21. The fraction of sp³-hybridized carbons (Fsp3) is 0.300. The summed E-state index contributed by atoms with van der Waals surface area (Å²) >= 11 is 0. The second kappa shape index (κ2) is 5.26. The molecule has 0 aliphatic rings. The molecule has 0 amide bonds. The number of benzene rings is 1. The first-order valence-corrected chi connectivity index (χ1v) is 6.68. The summed E-state index contributed by atoms with van der Waals surface area (Å²) < 4.78 is 22.8. The Morgan fingerprint density at radius 1 is 1.41 bits per heavy atom. The summed E-state index contributed by atoms with van der Waals surface area (Å²) in [4.78, 5) is 11.0. The van der Waals surface area contributed by atoms with Crippen molar-refractivity contribution in [3.05, 3.63) is 35.9 Å². The van der Waals surface area contributed by atoms with Gasteiger partial charge in [0.2, 0.25) is 10.0 Å². The lowest BCUT2D eigenvalue weighted by molar-refractivity contribution is -0.141. The maximum Gasteiger partial charge on any atom is 0.323 e. The van der Waals surface area contributed by atoms with Gasteiger partial charge in [0, 0.05) is 6.42 Å². The van der Waals surface area contributed by atoms with E-state index in [4.69, 9.17) is 10.9 Å². The highest BCUT2D eigenvalue weighted by Gasteiger charge is 2.29. The van der Waals surface area contributed by atoms with E-state index in [9.17, 15) is 13.2 Å². The van der Waals surface area contributed by atoms with E-state index in [-0.39, 0.29) is 6.42 Å². The van der Waals surface area contributed by atoms with E-state index < -0.39 is 22.0 Å². The van der Waals surface area contributed by atoms with E-state index in [2.05, 4.69) is 0 Å². The third-order valence-electron chi connectivity index (χ3n) is 2.25. The molecule has 1 rings (SSSR count). The predicted molar refractivity (Wildman–Crippen MR) is 62.4 cm³/mol. The smallest absolute Gasteiger partial charge is 0.323 e. The Kier molecular flexibility index (Phi) is 4.22. The fourth-order valence-corrected chi connectivity index (χ4v) is 1.98. The summed E-state index contributed by atoms with van der Waals surface area (Å²) in [5.41, 5.74) is 0.707. The third kappa shape index (κ3) is 3.81. The van der Waals surface area contributed by atoms with Crippen LogP contribution in [0.1, 0.15) is 5.56 Å². The first-order valence-electron chi connectivity index (χ1n) is 4.83. The van der Waals surface area contributed by atoms with E-state index in [1.807, 2.05) is 0 Å². The molecule has 0 aliphatic carbocycles. The molecular formula is C10H14N2O4S. The standard InChI is InChI=1S/C10H14N2O4S/c1-17(15,16)12(11)9(10(13)14)7-8-5-3-2-4-6-8/h2-6,9H,7,11H2,1H3,(H,13,14). The van der Waals surface area contributed by atoms with Crippen LogP contribution in [0, 0.1) is 0 Å². The Hall–Kier alpha value is -1.44. The number of nitrogens with two attached hydrogens (primary N) is 1. The van der Waals surface area contributed by atoms with Gasteiger partial charge in [-0.05, 0) is 5.56 Å². The maximum absolute atomic E-state index is 11.2. The van der Waals surface area contributed by atoms with Gasteiger partial charge >= 0.3 is 5.97 Å². The highest BCUT2D eigenvalue weighted by molar-refractivity contribution is 7.88. The highest BCUT2D eigenvalue weighted by atomic mass is 32.2. The molecule has 1 aromatic rings. The van der Waals surface area contributed by atoms with Crippen LogP contribution in [0.2, 0.25) is 0 Å². The van der Waals surface area contributed by atoms with Crippen molar-refractivity contribution in [1.29, 1.82) is 0 Å². The Bertz CT molecular complexity index is 486. The topological polar surface area (TPSA) is 101 Å². The van der Waals surface area contributed by atoms with Crippen LogP contribution in [0.3, 0.4) is 0 Å². The molecule has 0 bridgehead atoms. The van der Waals surface area contributed by atoms with Gasteiger partial charge in [-0.25, -0.2) is 8.42 Å². The van der Waals surface area contributed by atoms with Gasteiger partial charge in [0.1, 0.15) is 6.04 Å². The minimum absolute atomic E-state index is 0.0275. The van der Waals surface area contributed by atoms with Gasteiger partial charge in [-0.2, -0.15) is 0 Å². The number of nitrogens with zero attached hydrogens (tertiary/aromatic N) is 1. The Morgan fingerprint density at radius 2 is 1.94 bits per heavy atom. The predicted octanol–water partition coefficient (Wildman–Crippen LogP) is -0.182. The van der Waals surface area contributed by atoms with Crippen molar-refractivity contribution in [1.82, 2.24) is 4.41 Å². The number of hydrazine groups is 1. The molecule has 0 fully saturated rings. The zero-order valence-electron chi connectivity index (χ0n) is 9.28. The zero-order valence-corrected chi connectivity index (χ0v) is 10.1. The van der Waals surface area contributed by atoms with Crippen LogP contribution in [0.4, 0.5) is 0 Å². The zero-order chi connectivity index (χ0) is 13.1. The van der Waals surface area contributed by atoms with Crippen LogP contribution in [0.5, 0.6) is 0 Å². The van der Waals surface area contributed by atoms with Crippen molar-refractivity contribution in [3.8, 4) is 0 Å². The fourth-order valence-electron chi connectivity index (χ4n) is 1.35. The van der Waals surface area contributed by atoms with E-state index in [1.54, 1.807) is 30.3 Å². The normalized spacial score (nSPS) is 13.6. The molecule has 1 unspecified atom stereocenters. The molecule has 0 spiro atoms. The monoisotopic (exact) mass is 258 g/mol. The van der Waals surface area contributed by atoms with Crippen LogP contribution in [-0.4, -0.2) is 36.2 Å². The van der Waals surface area contributed by atoms with E-state index in [0.29, 0.717) is 9.98 Å². The summed E-state index contributed by atoms with van der Waals surface area (Å²) in [5.74, 6) is 4.03. The first kappa shape index (κ1) is 13.6. The molecule has 94 valence electrons. The molecule has 1 aromatic carbocycles. The Morgan fingerprint density at radius 3 is 2.35 bits per heavy atom. The van der Waals surface area contributed by atoms with Gasteiger partial charge in [-0.1, -0.05) is 30.3 Å². The minimum atomic E-state index is -3.74. The van der Waals surface area contributed by atoms with Gasteiger partial charge in [-0.15, -0.1) is 4.41 Å². The van der Waals surface area contributed by atoms with Crippen molar-refractivity contribution in [2.24, 2.45) is 5.84 Å². The molecular weight excluding hydrogens is 244 g/mol. The van der Waals surface area contributed by atoms with Gasteiger partial charge in [0.05, 0.1) is 6.26 Å². The molecule has 6 nitrogen and oxygen atoms in total. The van der Waals surface area contributed by atoms with Crippen molar-refractivity contribution >= 4 is 16.0 Å². The van der Waals surface area contributed by atoms with Crippen molar-refractivity contribution < 1.29 is 18.3 Å². The molecule has 0 aromatic heterocycles. The number of carboxylic acid groups (broad SMARTS) is 1. The van der Waals surface area contributed by atoms with Crippen molar-refractivity contribution in [2.45, 2.75) is 12.5 Å². The third-order valence-corrected chi connectivity index (χ3v) is 3.27. The second-order valence-electron chi connectivity index (χ2n) is 3.64. The summed E-state index contributed by atoms with van der Waals surface area (Å²) in [5, 5.41) is 8.98. The number of aliphatic carboxylic acids is 1. The molecule has 0 radical (unpaired) electrons. The summed E-state index contributed by atoms with van der Waals surface area (Å²) in [6, 6.07) is 7.41. The SMILES string of the molecule is CS(=O)(=O)N(N)C(Cc1ccccc1)C(=O)O. The summed E-state index contributed by atoms with van der Waals surface area (Å²) in [6.07, 6.45) is 0.897. The number of carbonyl (C=O) groups is 1. The van der Waals surface area contributed by atoms with Gasteiger partial charge in [-0.3, -0.25) is 10.6 Å². The molecule has 17 heavy (non-hydrogen) atoms. The van der Waals surface area contributed by atoms with E-state index >= 15 is 0 Å². The first-order chi connectivity index (χ1) is 7.82. The van der Waals surface area contributed by atoms with Crippen LogP contribution in [0.25, 0.3) is 0 Å². The molecule has 0 saturated carbocycles. The van der Waals surface area contributed by atoms with Crippen molar-refractivity contribution in [2.75, 3.05) is 6.26 Å². The summed E-state index contributed by atoms with van der Waals surface area (Å²) in [7, 11) is -3.74. The van der Waals surface area contributed by atoms with Gasteiger partial charge < -0.3 is 5.11 Å². The quantitative estimate of drug-likeness (QED) is 0.563. The minimum Gasteiger partial charge on any atom is -0.480 e. The average Bonchev–Trinajstić information content (AvgIpc) is 2.24. The van der Waals surface area contributed by atoms with Crippen LogP contribution in [-0.2, 0) is 21.2 Å². The molecule has 0 aliphatic heterocycles. The lowest BCUT2D eigenvalue weighted by atomic mass is 10.1. The van der Waals surface area contributed by atoms with Gasteiger partial charge in [0.15, 0.2) is 0 Å². The van der Waals surface area contributed by atoms with Crippen molar-refractivity contribution in [3.63, 3.8) is 0 Å². The van der Waals surface area contributed by atoms with Crippen LogP contribution >= 0.6 is 0 Å². The average molecular weight is 258 g/mol. The molecule has 3 N–H and O–H groups in total. The Labute approximate surface area is 99.7 Å².